The first-order chi connectivity index (χ1) is 14.1. The summed E-state index contributed by atoms with van der Waals surface area (Å²) in [5, 5.41) is 0. The quantitative estimate of drug-likeness (QED) is 0.695. The number of imide groups is 1. The number of aromatic nitrogens is 2. The van der Waals surface area contributed by atoms with Gasteiger partial charge in [-0.1, -0.05) is 0 Å². The van der Waals surface area contributed by atoms with Gasteiger partial charge in [-0.25, -0.2) is 4.79 Å². The zero-order chi connectivity index (χ0) is 20.4. The highest BCUT2D eigenvalue weighted by Gasteiger charge is 2.56. The number of amides is 3. The Morgan fingerprint density at radius 3 is 2.66 bits per heavy atom. The maximum Gasteiger partial charge on any atom is 0.327 e. The van der Waals surface area contributed by atoms with E-state index in [1.807, 2.05) is 30.6 Å². The van der Waals surface area contributed by atoms with Crippen LogP contribution in [-0.2, 0) is 16.1 Å². The first kappa shape index (κ1) is 19.6. The van der Waals surface area contributed by atoms with Crippen LogP contribution in [0, 0.1) is 0 Å². The van der Waals surface area contributed by atoms with Gasteiger partial charge in [0.2, 0.25) is 0 Å². The fraction of sp³-hybridized carbons (Fsp3) is 0.476. The number of likely N-dealkylation sites (N-methyl/N-ethyl adjacent to an activating group) is 1. The molecule has 29 heavy (non-hydrogen) atoms. The summed E-state index contributed by atoms with van der Waals surface area (Å²) in [7, 11) is 3.19. The van der Waals surface area contributed by atoms with Gasteiger partial charge in [-0.2, -0.15) is 0 Å². The predicted octanol–water partition coefficient (Wildman–Crippen LogP) is 1.75. The molecule has 2 aromatic rings. The number of hydrogen-bond donors (Lipinski definition) is 0. The third kappa shape index (κ3) is 3.42. The van der Waals surface area contributed by atoms with Crippen LogP contribution in [0.3, 0.4) is 0 Å². The first-order valence-electron chi connectivity index (χ1n) is 9.94. The Morgan fingerprint density at radius 2 is 1.97 bits per heavy atom. The lowest BCUT2D eigenvalue weighted by atomic mass is 9.85. The first-order valence-corrected chi connectivity index (χ1v) is 9.94. The molecular formula is C21H27N5O3. The number of urea groups is 1. The minimum atomic E-state index is -0.730. The van der Waals surface area contributed by atoms with Crippen LogP contribution >= 0.6 is 0 Å². The summed E-state index contributed by atoms with van der Waals surface area (Å²) in [6.45, 7) is 3.17. The Labute approximate surface area is 170 Å². The Kier molecular flexibility index (Phi) is 5.38. The lowest BCUT2D eigenvalue weighted by Crippen LogP contribution is -2.57. The molecule has 2 aliphatic rings. The second-order valence-electron chi connectivity index (χ2n) is 7.68. The molecule has 2 saturated heterocycles. The summed E-state index contributed by atoms with van der Waals surface area (Å²) in [5.74, 6) is -0.0861. The summed E-state index contributed by atoms with van der Waals surface area (Å²) in [6.07, 6.45) is 6.93. The van der Waals surface area contributed by atoms with E-state index < -0.39 is 5.54 Å². The molecule has 2 aromatic heterocycles. The normalized spacial score (nSPS) is 19.5. The van der Waals surface area contributed by atoms with Crippen molar-refractivity contribution in [2.24, 2.45) is 0 Å². The standard InChI is InChI=1S/C21H27N5O3/c1-23-19(27)21(26(20(23)28)13-14-29-2)7-11-24(12-8-21)16-18-6-4-10-25(18)17-5-3-9-22-15-17/h3-6,9-10,15H,7-8,11-14,16H2,1-2H3. The van der Waals surface area contributed by atoms with Crippen LogP contribution in [0.5, 0.6) is 0 Å². The third-order valence-electron chi connectivity index (χ3n) is 6.08. The highest BCUT2D eigenvalue weighted by Crippen LogP contribution is 2.36. The van der Waals surface area contributed by atoms with Crippen LogP contribution in [0.25, 0.3) is 5.69 Å². The van der Waals surface area contributed by atoms with Gasteiger partial charge in [-0.05, 0) is 37.1 Å². The second kappa shape index (κ2) is 7.96. The number of piperidine rings is 1. The van der Waals surface area contributed by atoms with E-state index in [1.165, 1.54) is 10.6 Å². The fourth-order valence-corrected chi connectivity index (χ4v) is 4.46. The molecule has 0 N–H and O–H groups in total. The van der Waals surface area contributed by atoms with Gasteiger partial charge in [0.1, 0.15) is 5.54 Å². The maximum absolute atomic E-state index is 12.9. The number of methoxy groups -OCH3 is 1. The zero-order valence-corrected chi connectivity index (χ0v) is 17.0. The maximum atomic E-state index is 12.9. The van der Waals surface area contributed by atoms with Crippen molar-refractivity contribution in [3.63, 3.8) is 0 Å². The van der Waals surface area contributed by atoms with Crippen LogP contribution in [0.1, 0.15) is 18.5 Å². The molecule has 0 bridgehead atoms. The van der Waals surface area contributed by atoms with Crippen molar-refractivity contribution >= 4 is 11.9 Å². The Bertz CT molecular complexity index is 873. The predicted molar refractivity (Wildman–Crippen MR) is 108 cm³/mol. The number of likely N-dealkylation sites (tertiary alicyclic amines) is 1. The van der Waals surface area contributed by atoms with Crippen molar-refractivity contribution in [3.05, 3.63) is 48.5 Å². The van der Waals surface area contributed by atoms with Gasteiger partial charge < -0.3 is 14.2 Å². The monoisotopic (exact) mass is 397 g/mol. The summed E-state index contributed by atoms with van der Waals surface area (Å²) in [5.41, 5.74) is 1.48. The smallest absolute Gasteiger partial charge is 0.327 e. The lowest BCUT2D eigenvalue weighted by molar-refractivity contribution is -0.135. The van der Waals surface area contributed by atoms with Crippen LogP contribution in [0.2, 0.25) is 0 Å². The van der Waals surface area contributed by atoms with E-state index in [0.717, 1.165) is 25.3 Å². The van der Waals surface area contributed by atoms with Crippen molar-refractivity contribution in [1.82, 2.24) is 24.3 Å². The topological polar surface area (TPSA) is 70.9 Å². The molecule has 0 radical (unpaired) electrons. The van der Waals surface area contributed by atoms with Gasteiger partial charge in [-0.15, -0.1) is 0 Å². The SMILES string of the molecule is COCCN1C(=O)N(C)C(=O)C12CCN(Cc1cccn1-c1cccnc1)CC2. The van der Waals surface area contributed by atoms with E-state index in [2.05, 4.69) is 20.5 Å². The van der Waals surface area contributed by atoms with Crippen molar-refractivity contribution in [1.29, 1.82) is 0 Å². The summed E-state index contributed by atoms with van der Waals surface area (Å²) < 4.78 is 7.30. The van der Waals surface area contributed by atoms with E-state index in [1.54, 1.807) is 25.3 Å². The van der Waals surface area contributed by atoms with Crippen LogP contribution in [-0.4, -0.2) is 82.1 Å². The number of nitrogens with zero attached hydrogens (tertiary/aromatic N) is 5. The van der Waals surface area contributed by atoms with E-state index in [0.29, 0.717) is 26.0 Å². The van der Waals surface area contributed by atoms with Crippen molar-refractivity contribution in [2.45, 2.75) is 24.9 Å². The van der Waals surface area contributed by atoms with Crippen molar-refractivity contribution in [2.75, 3.05) is 40.4 Å². The number of pyridine rings is 1. The number of carbonyl (C=O) groups excluding carboxylic acids is 2. The molecule has 0 aromatic carbocycles. The molecular weight excluding hydrogens is 370 g/mol. The molecule has 8 heteroatoms. The fourth-order valence-electron chi connectivity index (χ4n) is 4.46. The largest absolute Gasteiger partial charge is 0.383 e. The van der Waals surface area contributed by atoms with Crippen molar-refractivity contribution in [3.8, 4) is 5.69 Å². The lowest BCUT2D eigenvalue weighted by Gasteiger charge is -2.42. The molecule has 154 valence electrons. The summed E-state index contributed by atoms with van der Waals surface area (Å²) in [6, 6.07) is 7.89. The molecule has 0 aliphatic carbocycles. The van der Waals surface area contributed by atoms with Crippen LogP contribution < -0.4 is 0 Å². The zero-order valence-electron chi connectivity index (χ0n) is 17.0. The molecule has 3 amide bonds. The van der Waals surface area contributed by atoms with Crippen molar-refractivity contribution < 1.29 is 14.3 Å². The Balaban J connectivity index is 1.47. The van der Waals surface area contributed by atoms with Gasteiger partial charge in [-0.3, -0.25) is 19.6 Å². The number of ether oxygens (including phenoxy) is 1. The van der Waals surface area contributed by atoms with Crippen LogP contribution in [0.4, 0.5) is 4.79 Å². The second-order valence-corrected chi connectivity index (χ2v) is 7.68. The average molecular weight is 397 g/mol. The third-order valence-corrected chi connectivity index (χ3v) is 6.08. The minimum absolute atomic E-state index is 0.0861. The van der Waals surface area contributed by atoms with Gasteiger partial charge in [0.15, 0.2) is 0 Å². The molecule has 2 fully saturated rings. The molecule has 4 heterocycles. The van der Waals surface area contributed by atoms with Gasteiger partial charge in [0.05, 0.1) is 18.5 Å². The summed E-state index contributed by atoms with van der Waals surface area (Å²) in [4.78, 5) is 35.0. The highest BCUT2D eigenvalue weighted by molar-refractivity contribution is 6.06. The van der Waals surface area contributed by atoms with Crippen LogP contribution in [0.15, 0.2) is 42.9 Å². The molecule has 8 nitrogen and oxygen atoms in total. The van der Waals surface area contributed by atoms with E-state index in [-0.39, 0.29) is 11.9 Å². The Morgan fingerprint density at radius 1 is 1.17 bits per heavy atom. The molecule has 1 spiro atoms. The molecule has 4 rings (SSSR count). The van der Waals surface area contributed by atoms with Gasteiger partial charge >= 0.3 is 6.03 Å². The highest BCUT2D eigenvalue weighted by atomic mass is 16.5. The molecule has 2 aliphatic heterocycles. The molecule has 0 unspecified atom stereocenters. The van der Waals surface area contributed by atoms with E-state index >= 15 is 0 Å². The van der Waals surface area contributed by atoms with E-state index in [9.17, 15) is 9.59 Å². The minimum Gasteiger partial charge on any atom is -0.383 e. The van der Waals surface area contributed by atoms with Gasteiger partial charge in [0.25, 0.3) is 5.91 Å². The summed E-state index contributed by atoms with van der Waals surface area (Å²) >= 11 is 0. The van der Waals surface area contributed by atoms with Gasteiger partial charge in [0, 0.05) is 58.4 Å². The molecule has 0 atom stereocenters. The Hall–Kier alpha value is -2.71. The number of rotatable bonds is 6. The van der Waals surface area contributed by atoms with E-state index in [4.69, 9.17) is 4.74 Å². The molecule has 0 saturated carbocycles. The number of carbonyl (C=O) groups is 2. The average Bonchev–Trinajstić information content (AvgIpc) is 3.28. The number of hydrogen-bond acceptors (Lipinski definition) is 5.